The minimum Gasteiger partial charge on any atom is -0.349 e. The predicted molar refractivity (Wildman–Crippen MR) is 75.9 cm³/mol. The van der Waals surface area contributed by atoms with Crippen LogP contribution < -0.4 is 0 Å². The molecular weight excluding hydrogens is 260 g/mol. The quantitative estimate of drug-likeness (QED) is 0.672. The van der Waals surface area contributed by atoms with E-state index in [1.54, 1.807) is 0 Å². The highest BCUT2D eigenvalue weighted by Gasteiger charge is 2.10. The summed E-state index contributed by atoms with van der Waals surface area (Å²) in [6, 6.07) is 9.93. The first-order chi connectivity index (χ1) is 9.15. The van der Waals surface area contributed by atoms with Crippen molar-refractivity contribution in [3.8, 4) is 22.8 Å². The first kappa shape index (κ1) is 12.0. The molecule has 0 unspecified atom stereocenters. The van der Waals surface area contributed by atoms with Crippen LogP contribution in [0.1, 0.15) is 0 Å². The van der Waals surface area contributed by atoms with Gasteiger partial charge in [-0.25, -0.2) is 9.97 Å². The number of nitrogens with zero attached hydrogens (tertiary/aromatic N) is 4. The average molecular weight is 273 g/mol. The van der Waals surface area contributed by atoms with Gasteiger partial charge in [0.1, 0.15) is 0 Å². The van der Waals surface area contributed by atoms with E-state index in [2.05, 4.69) is 9.97 Å². The Kier molecular flexibility index (Phi) is 2.87. The highest BCUT2D eigenvalue weighted by Crippen LogP contribution is 2.25. The summed E-state index contributed by atoms with van der Waals surface area (Å²) in [6.45, 7) is 0. The maximum absolute atomic E-state index is 6.05. The van der Waals surface area contributed by atoms with Crippen molar-refractivity contribution in [1.82, 2.24) is 19.1 Å². The predicted octanol–water partition coefficient (Wildman–Crippen LogP) is 3.14. The first-order valence-electron chi connectivity index (χ1n) is 5.93. The fourth-order valence-corrected chi connectivity index (χ4v) is 2.32. The van der Waals surface area contributed by atoms with Crippen LogP contribution in [0.5, 0.6) is 0 Å². The minimum atomic E-state index is 0.259. The molecule has 0 spiro atoms. The van der Waals surface area contributed by atoms with Crippen LogP contribution in [-0.4, -0.2) is 19.1 Å². The zero-order chi connectivity index (χ0) is 13.4. The van der Waals surface area contributed by atoms with E-state index in [-0.39, 0.29) is 5.28 Å². The third-order valence-electron chi connectivity index (χ3n) is 3.11. The number of rotatable bonds is 2. The summed E-state index contributed by atoms with van der Waals surface area (Å²) in [5.74, 6) is 0. The van der Waals surface area contributed by atoms with Gasteiger partial charge in [0, 0.05) is 26.5 Å². The summed E-state index contributed by atoms with van der Waals surface area (Å²) in [5, 5.41) is 0.259. The second kappa shape index (κ2) is 4.55. The number of aryl methyl sites for hydroxylation is 2. The van der Waals surface area contributed by atoms with Gasteiger partial charge < -0.3 is 9.13 Å². The molecule has 0 aliphatic carbocycles. The zero-order valence-corrected chi connectivity index (χ0v) is 11.5. The average Bonchev–Trinajstić information content (AvgIpc) is 2.97. The Morgan fingerprint density at radius 2 is 1.37 bits per heavy atom. The summed E-state index contributed by atoms with van der Waals surface area (Å²) in [7, 11) is 3.96. The van der Waals surface area contributed by atoms with Gasteiger partial charge in [0.25, 0.3) is 0 Å². The Morgan fingerprint density at radius 3 is 1.74 bits per heavy atom. The van der Waals surface area contributed by atoms with E-state index in [0.717, 1.165) is 22.8 Å². The van der Waals surface area contributed by atoms with Gasteiger partial charge in [0.15, 0.2) is 0 Å². The Hall–Kier alpha value is -2.07. The maximum atomic E-state index is 6.05. The van der Waals surface area contributed by atoms with Crippen LogP contribution >= 0.6 is 11.6 Å². The van der Waals surface area contributed by atoms with E-state index in [0.29, 0.717) is 0 Å². The number of aromatic nitrogens is 4. The normalized spacial score (nSPS) is 10.9. The molecule has 96 valence electrons. The van der Waals surface area contributed by atoms with Crippen molar-refractivity contribution in [2.24, 2.45) is 14.1 Å². The molecule has 0 atom stereocenters. The molecule has 3 aromatic heterocycles. The summed E-state index contributed by atoms with van der Waals surface area (Å²) in [4.78, 5) is 8.60. The van der Waals surface area contributed by atoms with Gasteiger partial charge in [-0.15, -0.1) is 0 Å². The number of hydrogen-bond donors (Lipinski definition) is 0. The summed E-state index contributed by atoms with van der Waals surface area (Å²) in [6.07, 6.45) is 3.96. The molecule has 19 heavy (non-hydrogen) atoms. The van der Waals surface area contributed by atoms with Crippen molar-refractivity contribution in [3.05, 3.63) is 48.0 Å². The van der Waals surface area contributed by atoms with E-state index in [9.17, 15) is 0 Å². The first-order valence-corrected chi connectivity index (χ1v) is 6.31. The molecule has 0 fully saturated rings. The van der Waals surface area contributed by atoms with Crippen LogP contribution in [0.3, 0.4) is 0 Å². The fraction of sp³-hybridized carbons (Fsp3) is 0.143. The fourth-order valence-electron chi connectivity index (χ4n) is 2.13. The van der Waals surface area contributed by atoms with Crippen molar-refractivity contribution in [2.45, 2.75) is 0 Å². The van der Waals surface area contributed by atoms with Crippen molar-refractivity contribution < 1.29 is 0 Å². The standard InChI is InChI=1S/C14H13ClN4/c1-18-7-3-5-12(18)10-9-11(17-14(15)16-10)13-6-4-8-19(13)2/h3-9H,1-2H3. The van der Waals surface area contributed by atoms with E-state index in [1.807, 2.05) is 66.0 Å². The third-order valence-corrected chi connectivity index (χ3v) is 3.28. The molecule has 0 saturated carbocycles. The summed E-state index contributed by atoms with van der Waals surface area (Å²) >= 11 is 6.05. The lowest BCUT2D eigenvalue weighted by Crippen LogP contribution is -1.98. The van der Waals surface area contributed by atoms with Crippen molar-refractivity contribution >= 4 is 11.6 Å². The topological polar surface area (TPSA) is 35.6 Å². The molecule has 0 bridgehead atoms. The number of halogens is 1. The highest BCUT2D eigenvalue weighted by atomic mass is 35.5. The van der Waals surface area contributed by atoms with E-state index in [1.165, 1.54) is 0 Å². The molecule has 4 nitrogen and oxygen atoms in total. The highest BCUT2D eigenvalue weighted by molar-refractivity contribution is 6.28. The molecule has 0 aliphatic rings. The molecular formula is C14H13ClN4. The molecule has 5 heteroatoms. The maximum Gasteiger partial charge on any atom is 0.223 e. The van der Waals surface area contributed by atoms with E-state index in [4.69, 9.17) is 11.6 Å². The minimum absolute atomic E-state index is 0.259. The molecule has 0 amide bonds. The summed E-state index contributed by atoms with van der Waals surface area (Å²) in [5.41, 5.74) is 3.67. The third kappa shape index (κ3) is 2.15. The second-order valence-corrected chi connectivity index (χ2v) is 4.75. The molecule has 3 heterocycles. The molecule has 3 rings (SSSR count). The van der Waals surface area contributed by atoms with Crippen LogP contribution in [0.25, 0.3) is 22.8 Å². The lowest BCUT2D eigenvalue weighted by atomic mass is 10.2. The van der Waals surface area contributed by atoms with Crippen LogP contribution in [0.4, 0.5) is 0 Å². The second-order valence-electron chi connectivity index (χ2n) is 4.42. The van der Waals surface area contributed by atoms with Crippen LogP contribution in [0.15, 0.2) is 42.7 Å². The Morgan fingerprint density at radius 1 is 0.895 bits per heavy atom. The molecule has 0 saturated heterocycles. The van der Waals surface area contributed by atoms with E-state index < -0.39 is 0 Å². The van der Waals surface area contributed by atoms with Crippen LogP contribution in [0.2, 0.25) is 5.28 Å². The van der Waals surface area contributed by atoms with Gasteiger partial charge in [0.05, 0.1) is 22.8 Å². The van der Waals surface area contributed by atoms with Gasteiger partial charge in [0.2, 0.25) is 5.28 Å². The van der Waals surface area contributed by atoms with Gasteiger partial charge in [-0.3, -0.25) is 0 Å². The Labute approximate surface area is 116 Å². The molecule has 0 radical (unpaired) electrons. The van der Waals surface area contributed by atoms with Gasteiger partial charge in [-0.2, -0.15) is 0 Å². The van der Waals surface area contributed by atoms with Crippen molar-refractivity contribution in [1.29, 1.82) is 0 Å². The summed E-state index contributed by atoms with van der Waals surface area (Å²) < 4.78 is 4.01. The smallest absolute Gasteiger partial charge is 0.223 e. The van der Waals surface area contributed by atoms with Gasteiger partial charge >= 0.3 is 0 Å². The van der Waals surface area contributed by atoms with E-state index >= 15 is 0 Å². The van der Waals surface area contributed by atoms with Crippen LogP contribution in [0, 0.1) is 0 Å². The lowest BCUT2D eigenvalue weighted by Gasteiger charge is -2.07. The van der Waals surface area contributed by atoms with Crippen molar-refractivity contribution in [3.63, 3.8) is 0 Å². The molecule has 0 aliphatic heterocycles. The Bertz CT molecular complexity index is 668. The zero-order valence-electron chi connectivity index (χ0n) is 10.7. The Balaban J connectivity index is 2.17. The van der Waals surface area contributed by atoms with Crippen molar-refractivity contribution in [2.75, 3.05) is 0 Å². The lowest BCUT2D eigenvalue weighted by molar-refractivity contribution is 0.920. The largest absolute Gasteiger partial charge is 0.349 e. The van der Waals surface area contributed by atoms with Crippen LogP contribution in [-0.2, 0) is 14.1 Å². The monoisotopic (exact) mass is 272 g/mol. The molecule has 3 aromatic rings. The number of hydrogen-bond acceptors (Lipinski definition) is 2. The van der Waals surface area contributed by atoms with Gasteiger partial charge in [-0.1, -0.05) is 0 Å². The molecule has 0 N–H and O–H groups in total. The SMILES string of the molecule is Cn1cccc1-c1cc(-c2cccn2C)nc(Cl)n1. The molecule has 0 aromatic carbocycles. The van der Waals surface area contributed by atoms with Gasteiger partial charge in [-0.05, 0) is 41.9 Å².